The molecule has 2 rings (SSSR count). The van der Waals surface area contributed by atoms with Gasteiger partial charge in [-0.2, -0.15) is 0 Å². The van der Waals surface area contributed by atoms with Crippen LogP contribution in [0.5, 0.6) is 0 Å². The zero-order chi connectivity index (χ0) is 16.1. The Morgan fingerprint density at radius 1 is 1.32 bits per heavy atom. The molecule has 22 heavy (non-hydrogen) atoms. The van der Waals surface area contributed by atoms with E-state index in [1.807, 2.05) is 11.9 Å². The molecule has 2 heterocycles. The molecule has 0 N–H and O–H groups in total. The van der Waals surface area contributed by atoms with Gasteiger partial charge in [0, 0.05) is 39.0 Å². The standard InChI is InChI=1S/C16H23ClN2O2S/c1-3-19-10-8-12(9-11-19)18(2)16(21)7-4-13(20)14-5-6-15(17)22-14/h5-6,12H,3-4,7-11H2,1-2H3. The fourth-order valence-electron chi connectivity index (χ4n) is 2.81. The predicted molar refractivity (Wildman–Crippen MR) is 90.8 cm³/mol. The lowest BCUT2D eigenvalue weighted by atomic mass is 10.0. The molecule has 1 aliphatic heterocycles. The van der Waals surface area contributed by atoms with Crippen molar-refractivity contribution in [2.75, 3.05) is 26.7 Å². The largest absolute Gasteiger partial charge is 0.343 e. The average molecular weight is 343 g/mol. The first-order valence-electron chi connectivity index (χ1n) is 7.77. The van der Waals surface area contributed by atoms with Crippen LogP contribution in [0.3, 0.4) is 0 Å². The lowest BCUT2D eigenvalue weighted by molar-refractivity contribution is -0.132. The van der Waals surface area contributed by atoms with Crippen molar-refractivity contribution in [3.05, 3.63) is 21.3 Å². The third kappa shape index (κ3) is 4.54. The second kappa shape index (κ2) is 8.09. The lowest BCUT2D eigenvalue weighted by Crippen LogP contribution is -2.45. The molecule has 0 radical (unpaired) electrons. The van der Waals surface area contributed by atoms with Crippen molar-refractivity contribution in [2.45, 2.75) is 38.6 Å². The van der Waals surface area contributed by atoms with Gasteiger partial charge in [0.25, 0.3) is 0 Å². The van der Waals surface area contributed by atoms with Crippen LogP contribution in [0.4, 0.5) is 0 Å². The molecule has 122 valence electrons. The molecular formula is C16H23ClN2O2S. The number of carbonyl (C=O) groups excluding carboxylic acids is 2. The number of nitrogens with zero attached hydrogens (tertiary/aromatic N) is 2. The number of hydrogen-bond donors (Lipinski definition) is 0. The van der Waals surface area contributed by atoms with Crippen molar-refractivity contribution in [3.8, 4) is 0 Å². The van der Waals surface area contributed by atoms with Crippen LogP contribution in [-0.2, 0) is 4.79 Å². The van der Waals surface area contributed by atoms with Crippen LogP contribution in [0.25, 0.3) is 0 Å². The highest BCUT2D eigenvalue weighted by Gasteiger charge is 2.25. The maximum atomic E-state index is 12.3. The smallest absolute Gasteiger partial charge is 0.223 e. The molecular weight excluding hydrogens is 320 g/mol. The first-order chi connectivity index (χ1) is 10.5. The molecule has 1 amide bonds. The van der Waals surface area contributed by atoms with E-state index in [-0.39, 0.29) is 24.5 Å². The molecule has 1 fully saturated rings. The number of piperidine rings is 1. The second-order valence-electron chi connectivity index (χ2n) is 5.70. The van der Waals surface area contributed by atoms with E-state index in [1.54, 1.807) is 12.1 Å². The Morgan fingerprint density at radius 2 is 2.00 bits per heavy atom. The van der Waals surface area contributed by atoms with Crippen molar-refractivity contribution in [3.63, 3.8) is 0 Å². The quantitative estimate of drug-likeness (QED) is 0.745. The SMILES string of the molecule is CCN1CCC(N(C)C(=O)CCC(=O)c2ccc(Cl)s2)CC1. The number of thiophene rings is 1. The lowest BCUT2D eigenvalue weighted by Gasteiger charge is -2.36. The molecule has 1 saturated heterocycles. The van der Waals surface area contributed by atoms with Crippen molar-refractivity contribution in [1.82, 2.24) is 9.80 Å². The van der Waals surface area contributed by atoms with E-state index in [9.17, 15) is 9.59 Å². The zero-order valence-electron chi connectivity index (χ0n) is 13.2. The number of rotatable bonds is 6. The van der Waals surface area contributed by atoms with Crippen LogP contribution in [0.15, 0.2) is 12.1 Å². The first kappa shape index (κ1) is 17.4. The Morgan fingerprint density at radius 3 is 2.55 bits per heavy atom. The van der Waals surface area contributed by atoms with Crippen LogP contribution in [0.1, 0.15) is 42.3 Å². The number of hydrogen-bond acceptors (Lipinski definition) is 4. The van der Waals surface area contributed by atoms with Crippen molar-refractivity contribution in [1.29, 1.82) is 0 Å². The summed E-state index contributed by atoms with van der Waals surface area (Å²) in [6.07, 6.45) is 2.57. The molecule has 1 aliphatic rings. The Hall–Kier alpha value is -0.910. The predicted octanol–water partition coefficient (Wildman–Crippen LogP) is 3.31. The average Bonchev–Trinajstić information content (AvgIpc) is 2.98. The van der Waals surface area contributed by atoms with Gasteiger partial charge in [0.05, 0.1) is 9.21 Å². The van der Waals surface area contributed by atoms with Gasteiger partial charge in [-0.15, -0.1) is 11.3 Å². The van der Waals surface area contributed by atoms with Crippen LogP contribution in [-0.4, -0.2) is 54.2 Å². The summed E-state index contributed by atoms with van der Waals surface area (Å²) in [5, 5.41) is 0. The molecule has 0 aliphatic carbocycles. The maximum absolute atomic E-state index is 12.3. The van der Waals surface area contributed by atoms with Gasteiger partial charge < -0.3 is 9.80 Å². The number of carbonyl (C=O) groups is 2. The van der Waals surface area contributed by atoms with E-state index in [2.05, 4.69) is 11.8 Å². The fourth-order valence-corrected chi connectivity index (χ4v) is 3.82. The van der Waals surface area contributed by atoms with Gasteiger partial charge in [-0.1, -0.05) is 18.5 Å². The molecule has 0 bridgehead atoms. The summed E-state index contributed by atoms with van der Waals surface area (Å²) in [7, 11) is 1.86. The fraction of sp³-hybridized carbons (Fsp3) is 0.625. The minimum atomic E-state index is -0.000507. The number of likely N-dealkylation sites (tertiary alicyclic amines) is 1. The molecule has 0 unspecified atom stereocenters. The van der Waals surface area contributed by atoms with Gasteiger partial charge in [-0.05, 0) is 31.5 Å². The minimum absolute atomic E-state index is 0.000507. The van der Waals surface area contributed by atoms with Gasteiger partial charge in [0.1, 0.15) is 0 Å². The topological polar surface area (TPSA) is 40.6 Å². The summed E-state index contributed by atoms with van der Waals surface area (Å²) in [5.41, 5.74) is 0. The van der Waals surface area contributed by atoms with E-state index in [1.165, 1.54) is 11.3 Å². The number of halogens is 1. The molecule has 0 spiro atoms. The van der Waals surface area contributed by atoms with Crippen molar-refractivity contribution >= 4 is 34.6 Å². The van der Waals surface area contributed by atoms with Crippen molar-refractivity contribution < 1.29 is 9.59 Å². The summed E-state index contributed by atoms with van der Waals surface area (Å²) in [5.74, 6) is 0.0606. The summed E-state index contributed by atoms with van der Waals surface area (Å²) in [4.78, 5) is 29.2. The van der Waals surface area contributed by atoms with Crippen LogP contribution in [0.2, 0.25) is 4.34 Å². The first-order valence-corrected chi connectivity index (χ1v) is 8.97. The Balaban J connectivity index is 1.78. The summed E-state index contributed by atoms with van der Waals surface area (Å²) < 4.78 is 0.606. The molecule has 0 aromatic carbocycles. The van der Waals surface area contributed by atoms with Gasteiger partial charge in [-0.3, -0.25) is 9.59 Å². The van der Waals surface area contributed by atoms with Gasteiger partial charge in [-0.25, -0.2) is 0 Å². The van der Waals surface area contributed by atoms with Gasteiger partial charge in [0.2, 0.25) is 5.91 Å². The summed E-state index contributed by atoms with van der Waals surface area (Å²) >= 11 is 7.10. The monoisotopic (exact) mass is 342 g/mol. The zero-order valence-corrected chi connectivity index (χ0v) is 14.8. The van der Waals surface area contributed by atoms with Crippen molar-refractivity contribution in [2.24, 2.45) is 0 Å². The molecule has 4 nitrogen and oxygen atoms in total. The third-order valence-electron chi connectivity index (χ3n) is 4.36. The van der Waals surface area contributed by atoms with E-state index in [0.29, 0.717) is 15.3 Å². The van der Waals surface area contributed by atoms with E-state index in [4.69, 9.17) is 11.6 Å². The normalized spacial score (nSPS) is 16.7. The Kier molecular flexibility index (Phi) is 6.41. The number of amides is 1. The second-order valence-corrected chi connectivity index (χ2v) is 7.41. The van der Waals surface area contributed by atoms with E-state index >= 15 is 0 Å². The highest BCUT2D eigenvalue weighted by Crippen LogP contribution is 2.23. The Labute approximate surface area is 141 Å². The highest BCUT2D eigenvalue weighted by atomic mass is 35.5. The molecule has 0 atom stereocenters. The van der Waals surface area contributed by atoms with Crippen LogP contribution in [0, 0.1) is 0 Å². The molecule has 6 heteroatoms. The van der Waals surface area contributed by atoms with E-state index < -0.39 is 0 Å². The number of Topliss-reactive ketones (excluding diaryl/α,β-unsaturated/α-hetero) is 1. The molecule has 0 saturated carbocycles. The molecule has 1 aromatic heterocycles. The maximum Gasteiger partial charge on any atom is 0.223 e. The van der Waals surface area contributed by atoms with Gasteiger partial charge >= 0.3 is 0 Å². The Bertz CT molecular complexity index is 524. The van der Waals surface area contributed by atoms with E-state index in [0.717, 1.165) is 32.5 Å². The van der Waals surface area contributed by atoms with Gasteiger partial charge in [0.15, 0.2) is 5.78 Å². The number of ketones is 1. The summed E-state index contributed by atoms with van der Waals surface area (Å²) in [6, 6.07) is 3.75. The highest BCUT2D eigenvalue weighted by molar-refractivity contribution is 7.18. The third-order valence-corrected chi connectivity index (χ3v) is 5.63. The summed E-state index contributed by atoms with van der Waals surface area (Å²) in [6.45, 7) is 5.33. The minimum Gasteiger partial charge on any atom is -0.343 e. The molecule has 1 aromatic rings. The van der Waals surface area contributed by atoms with Crippen LogP contribution >= 0.6 is 22.9 Å². The van der Waals surface area contributed by atoms with Crippen LogP contribution < -0.4 is 0 Å².